The second kappa shape index (κ2) is 9.85. The number of nitrogens with zero attached hydrogens (tertiary/aromatic N) is 2. The van der Waals surface area contributed by atoms with Gasteiger partial charge in [-0.2, -0.15) is 0 Å². The molecule has 1 atom stereocenters. The number of ether oxygens (including phenoxy) is 1. The minimum Gasteiger partial charge on any atom is -0.496 e. The van der Waals surface area contributed by atoms with Crippen molar-refractivity contribution < 1.29 is 4.74 Å². The van der Waals surface area contributed by atoms with Crippen molar-refractivity contribution >= 4 is 0 Å². The van der Waals surface area contributed by atoms with E-state index in [9.17, 15) is 0 Å². The van der Waals surface area contributed by atoms with Crippen LogP contribution in [0.4, 0.5) is 0 Å². The van der Waals surface area contributed by atoms with Crippen molar-refractivity contribution in [1.29, 1.82) is 0 Å². The van der Waals surface area contributed by atoms with E-state index >= 15 is 0 Å². The van der Waals surface area contributed by atoms with Crippen molar-refractivity contribution in [2.45, 2.75) is 33.1 Å². The van der Waals surface area contributed by atoms with Gasteiger partial charge in [-0.25, -0.2) is 0 Å². The summed E-state index contributed by atoms with van der Waals surface area (Å²) < 4.78 is 5.47. The summed E-state index contributed by atoms with van der Waals surface area (Å²) in [4.78, 5) is 5.09. The monoisotopic (exact) mass is 330 g/mol. The highest BCUT2D eigenvalue weighted by Crippen LogP contribution is 2.21. The maximum atomic E-state index is 5.47. The van der Waals surface area contributed by atoms with Crippen molar-refractivity contribution in [2.75, 3.05) is 46.9 Å². The van der Waals surface area contributed by atoms with Gasteiger partial charge >= 0.3 is 0 Å². The maximum absolute atomic E-state index is 5.47. The smallest absolute Gasteiger partial charge is 0.122 e. The van der Waals surface area contributed by atoms with Gasteiger partial charge < -0.3 is 14.5 Å². The summed E-state index contributed by atoms with van der Waals surface area (Å²) in [5.74, 6) is 1.82. The van der Waals surface area contributed by atoms with Gasteiger partial charge in [0.25, 0.3) is 0 Å². The van der Waals surface area contributed by atoms with Gasteiger partial charge in [-0.1, -0.05) is 29.8 Å². The van der Waals surface area contributed by atoms with Crippen LogP contribution in [0.2, 0.25) is 0 Å². The number of para-hydroxylation sites is 1. The van der Waals surface area contributed by atoms with Gasteiger partial charge in [0.2, 0.25) is 0 Å². The lowest BCUT2D eigenvalue weighted by molar-refractivity contribution is 0.148. The summed E-state index contributed by atoms with van der Waals surface area (Å²) in [6.07, 6.45) is 6.09. The molecule has 0 aromatic heterocycles. The van der Waals surface area contributed by atoms with Crippen LogP contribution in [0.1, 0.15) is 32.3 Å². The maximum Gasteiger partial charge on any atom is 0.122 e. The topological polar surface area (TPSA) is 15.7 Å². The third kappa shape index (κ3) is 6.29. The molecule has 1 aliphatic heterocycles. The van der Waals surface area contributed by atoms with E-state index in [0.717, 1.165) is 31.2 Å². The summed E-state index contributed by atoms with van der Waals surface area (Å²) in [6.45, 7) is 10.2. The predicted octanol–water partition coefficient (Wildman–Crippen LogP) is 3.85. The lowest BCUT2D eigenvalue weighted by Gasteiger charge is -2.34. The van der Waals surface area contributed by atoms with Crippen LogP contribution in [0.15, 0.2) is 35.9 Å². The van der Waals surface area contributed by atoms with E-state index in [0.29, 0.717) is 0 Å². The molecule has 1 aromatic carbocycles. The van der Waals surface area contributed by atoms with E-state index in [1.807, 2.05) is 6.07 Å². The second-order valence-electron chi connectivity index (χ2n) is 7.37. The standard InChI is InChI=1S/C21H34N2O/c1-18(2)11-14-22(3)16-19-8-7-13-23(17-19)15-12-20-9-5-6-10-21(20)24-4/h5-6,9-11,19H,7-8,12-17H2,1-4H3. The van der Waals surface area contributed by atoms with Crippen molar-refractivity contribution in [2.24, 2.45) is 5.92 Å². The lowest BCUT2D eigenvalue weighted by atomic mass is 9.97. The van der Waals surface area contributed by atoms with Gasteiger partial charge in [0, 0.05) is 26.2 Å². The Kier molecular flexibility index (Phi) is 7.80. The molecule has 0 spiro atoms. The molecule has 3 nitrogen and oxygen atoms in total. The summed E-state index contributed by atoms with van der Waals surface area (Å²) in [7, 11) is 4.01. The van der Waals surface area contributed by atoms with Crippen molar-refractivity contribution in [3.8, 4) is 5.75 Å². The number of hydrogen-bond donors (Lipinski definition) is 0. The van der Waals surface area contributed by atoms with Crippen LogP contribution < -0.4 is 4.74 Å². The van der Waals surface area contributed by atoms with Crippen LogP contribution >= 0.6 is 0 Å². The molecule has 0 saturated carbocycles. The largest absolute Gasteiger partial charge is 0.496 e. The first-order valence-electron chi connectivity index (χ1n) is 9.24. The summed E-state index contributed by atoms with van der Waals surface area (Å²) in [5.41, 5.74) is 2.73. The highest BCUT2D eigenvalue weighted by molar-refractivity contribution is 5.33. The average Bonchev–Trinajstić information content (AvgIpc) is 2.58. The Labute approximate surface area is 148 Å². The Morgan fingerprint density at radius 2 is 2.12 bits per heavy atom. The number of likely N-dealkylation sites (tertiary alicyclic amines) is 1. The minimum absolute atomic E-state index is 0.798. The SMILES string of the molecule is COc1ccccc1CCN1CCCC(CN(C)CC=C(C)C)C1. The number of rotatable bonds is 8. The number of hydrogen-bond acceptors (Lipinski definition) is 3. The predicted molar refractivity (Wildman–Crippen MR) is 103 cm³/mol. The van der Waals surface area contributed by atoms with Crippen LogP contribution in [0.3, 0.4) is 0 Å². The van der Waals surface area contributed by atoms with Crippen molar-refractivity contribution in [1.82, 2.24) is 9.80 Å². The zero-order valence-electron chi connectivity index (χ0n) is 15.9. The van der Waals surface area contributed by atoms with Crippen molar-refractivity contribution in [3.63, 3.8) is 0 Å². The highest BCUT2D eigenvalue weighted by Gasteiger charge is 2.20. The van der Waals surface area contributed by atoms with Crippen LogP contribution in [0.5, 0.6) is 5.75 Å². The third-order valence-corrected chi connectivity index (χ3v) is 4.87. The van der Waals surface area contributed by atoms with Gasteiger partial charge in [0.15, 0.2) is 0 Å². The molecule has 0 amide bonds. The Bertz CT molecular complexity index is 522. The second-order valence-corrected chi connectivity index (χ2v) is 7.37. The first-order valence-corrected chi connectivity index (χ1v) is 9.24. The van der Waals surface area contributed by atoms with Gasteiger partial charge in [-0.3, -0.25) is 0 Å². The molecule has 0 N–H and O–H groups in total. The fraction of sp³-hybridized carbons (Fsp3) is 0.619. The number of likely N-dealkylation sites (N-methyl/N-ethyl adjacent to an activating group) is 1. The third-order valence-electron chi connectivity index (χ3n) is 4.87. The Hall–Kier alpha value is -1.32. The molecule has 0 aliphatic carbocycles. The average molecular weight is 331 g/mol. The Morgan fingerprint density at radius 1 is 1.33 bits per heavy atom. The Balaban J connectivity index is 1.79. The molecular formula is C21H34N2O. The van der Waals surface area contributed by atoms with Gasteiger partial charge in [-0.05, 0) is 64.3 Å². The highest BCUT2D eigenvalue weighted by atomic mass is 16.5. The first-order chi connectivity index (χ1) is 11.6. The minimum atomic E-state index is 0.798. The molecule has 0 bridgehead atoms. The molecule has 1 heterocycles. The summed E-state index contributed by atoms with van der Waals surface area (Å²) in [5, 5.41) is 0. The molecular weight excluding hydrogens is 296 g/mol. The van der Waals surface area contributed by atoms with Crippen molar-refractivity contribution in [3.05, 3.63) is 41.5 Å². The molecule has 1 aliphatic rings. The van der Waals surface area contributed by atoms with Gasteiger partial charge in [0.05, 0.1) is 7.11 Å². The van der Waals surface area contributed by atoms with E-state index in [1.165, 1.54) is 43.6 Å². The normalized spacial score (nSPS) is 18.6. The van der Waals surface area contributed by atoms with Gasteiger partial charge in [-0.15, -0.1) is 0 Å². The summed E-state index contributed by atoms with van der Waals surface area (Å²) in [6, 6.07) is 8.40. The first kappa shape index (κ1) is 19.0. The molecule has 1 saturated heterocycles. The van der Waals surface area contributed by atoms with E-state index in [4.69, 9.17) is 4.74 Å². The molecule has 1 fully saturated rings. The van der Waals surface area contributed by atoms with E-state index in [2.05, 4.69) is 55.0 Å². The molecule has 3 heteroatoms. The summed E-state index contributed by atoms with van der Waals surface area (Å²) >= 11 is 0. The number of methoxy groups -OCH3 is 1. The lowest BCUT2D eigenvalue weighted by Crippen LogP contribution is -2.41. The van der Waals surface area contributed by atoms with Crippen LogP contribution in [-0.2, 0) is 6.42 Å². The molecule has 24 heavy (non-hydrogen) atoms. The molecule has 1 unspecified atom stereocenters. The molecule has 2 rings (SSSR count). The molecule has 1 aromatic rings. The van der Waals surface area contributed by atoms with E-state index in [-0.39, 0.29) is 0 Å². The Morgan fingerprint density at radius 3 is 2.88 bits per heavy atom. The number of benzene rings is 1. The zero-order valence-corrected chi connectivity index (χ0v) is 15.9. The van der Waals surface area contributed by atoms with E-state index < -0.39 is 0 Å². The molecule has 134 valence electrons. The fourth-order valence-corrected chi connectivity index (χ4v) is 3.55. The zero-order chi connectivity index (χ0) is 17.4. The quantitative estimate of drug-likeness (QED) is 0.673. The van der Waals surface area contributed by atoms with Gasteiger partial charge in [0.1, 0.15) is 5.75 Å². The fourth-order valence-electron chi connectivity index (χ4n) is 3.55. The molecule has 0 radical (unpaired) electrons. The van der Waals surface area contributed by atoms with Crippen LogP contribution in [0, 0.1) is 5.92 Å². The van der Waals surface area contributed by atoms with E-state index in [1.54, 1.807) is 7.11 Å². The number of piperidine rings is 1. The van der Waals surface area contributed by atoms with Crippen LogP contribution in [0.25, 0.3) is 0 Å². The number of allylic oxidation sites excluding steroid dienone is 1. The van der Waals surface area contributed by atoms with Crippen LogP contribution in [-0.4, -0.2) is 56.7 Å².